The van der Waals surface area contributed by atoms with Gasteiger partial charge in [-0.3, -0.25) is 4.79 Å². The molecule has 3 aromatic heterocycles. The Hall–Kier alpha value is -3.56. The number of ether oxygens (including phenoxy) is 2. The van der Waals surface area contributed by atoms with E-state index in [0.717, 1.165) is 30.2 Å². The Balaban J connectivity index is 1.49. The summed E-state index contributed by atoms with van der Waals surface area (Å²) in [6.45, 7) is 3.29. The number of nitrogens with zero attached hydrogens (tertiary/aromatic N) is 4. The highest BCUT2D eigenvalue weighted by atomic mass is 16.5. The number of morpholine rings is 1. The molecule has 0 saturated carbocycles. The van der Waals surface area contributed by atoms with Crippen LogP contribution in [0.15, 0.2) is 47.0 Å². The number of anilines is 1. The Labute approximate surface area is 196 Å². The van der Waals surface area contributed by atoms with Crippen molar-refractivity contribution in [1.82, 2.24) is 15.0 Å². The predicted molar refractivity (Wildman–Crippen MR) is 129 cm³/mol. The normalized spacial score (nSPS) is 14.1. The molecule has 9 nitrogen and oxygen atoms in total. The molecule has 1 aromatic carbocycles. The van der Waals surface area contributed by atoms with Crippen molar-refractivity contribution < 1.29 is 18.7 Å². The maximum Gasteiger partial charge on any atom is 0.311 e. The molecule has 9 heteroatoms. The van der Waals surface area contributed by atoms with E-state index < -0.39 is 0 Å². The molecule has 0 radical (unpaired) electrons. The van der Waals surface area contributed by atoms with Crippen LogP contribution in [-0.2, 0) is 9.53 Å². The van der Waals surface area contributed by atoms with Crippen molar-refractivity contribution >= 4 is 34.0 Å². The van der Waals surface area contributed by atoms with Crippen LogP contribution in [0.5, 0.6) is 5.75 Å². The predicted octanol–water partition coefficient (Wildman–Crippen LogP) is 3.70. The van der Waals surface area contributed by atoms with Gasteiger partial charge in [0.05, 0.1) is 18.6 Å². The van der Waals surface area contributed by atoms with Gasteiger partial charge in [0.2, 0.25) is 5.71 Å². The molecule has 1 saturated heterocycles. The summed E-state index contributed by atoms with van der Waals surface area (Å²) in [5.74, 6) is 1.45. The van der Waals surface area contributed by atoms with Crippen molar-refractivity contribution in [3.05, 3.63) is 42.6 Å². The van der Waals surface area contributed by atoms with E-state index in [2.05, 4.69) is 9.88 Å². The molecule has 34 heavy (non-hydrogen) atoms. The molecule has 176 valence electrons. The standard InChI is InChI=1S/C25H27N5O4/c26-10-3-1-2-9-20(31)33-18-7-4-6-17(16-18)23-28-21-19-8-5-11-27-25(19)34-22(21)24(29-23)30-12-14-32-15-13-30/h4-8,11,16H,1-3,9-10,12-15,26H2. The first-order chi connectivity index (χ1) is 16.7. The summed E-state index contributed by atoms with van der Waals surface area (Å²) in [5.41, 5.74) is 8.10. The smallest absolute Gasteiger partial charge is 0.311 e. The van der Waals surface area contributed by atoms with Gasteiger partial charge in [-0.05, 0) is 43.7 Å². The van der Waals surface area contributed by atoms with Gasteiger partial charge in [-0.1, -0.05) is 18.6 Å². The molecule has 4 heterocycles. The van der Waals surface area contributed by atoms with Crippen LogP contribution in [0.3, 0.4) is 0 Å². The van der Waals surface area contributed by atoms with Gasteiger partial charge in [0, 0.05) is 31.3 Å². The number of fused-ring (bicyclic) bond motifs is 3. The zero-order valence-corrected chi connectivity index (χ0v) is 18.9. The van der Waals surface area contributed by atoms with Gasteiger partial charge in [-0.15, -0.1) is 0 Å². The molecule has 0 amide bonds. The van der Waals surface area contributed by atoms with Gasteiger partial charge in [0.1, 0.15) is 11.3 Å². The third-order valence-electron chi connectivity index (χ3n) is 5.79. The Morgan fingerprint density at radius 2 is 1.97 bits per heavy atom. The number of hydrogen-bond acceptors (Lipinski definition) is 9. The molecule has 0 unspecified atom stereocenters. The number of carbonyl (C=O) groups is 1. The minimum Gasteiger partial charge on any atom is -0.432 e. The van der Waals surface area contributed by atoms with E-state index in [9.17, 15) is 4.79 Å². The van der Waals surface area contributed by atoms with E-state index in [1.54, 1.807) is 18.3 Å². The van der Waals surface area contributed by atoms with Crippen LogP contribution in [0.1, 0.15) is 25.7 Å². The zero-order valence-electron chi connectivity index (χ0n) is 18.9. The van der Waals surface area contributed by atoms with E-state index in [1.807, 2.05) is 24.3 Å². The lowest BCUT2D eigenvalue weighted by Gasteiger charge is -2.27. The average Bonchev–Trinajstić information content (AvgIpc) is 3.25. The molecular weight excluding hydrogens is 434 g/mol. The van der Waals surface area contributed by atoms with Gasteiger partial charge >= 0.3 is 5.97 Å². The molecule has 1 fully saturated rings. The van der Waals surface area contributed by atoms with Crippen LogP contribution < -0.4 is 15.4 Å². The molecule has 5 rings (SSSR count). The molecule has 1 aliphatic heterocycles. The highest BCUT2D eigenvalue weighted by Crippen LogP contribution is 2.34. The van der Waals surface area contributed by atoms with Gasteiger partial charge in [-0.2, -0.15) is 0 Å². The molecule has 2 N–H and O–H groups in total. The number of esters is 1. The number of unbranched alkanes of at least 4 members (excludes halogenated alkanes) is 2. The van der Waals surface area contributed by atoms with Crippen LogP contribution >= 0.6 is 0 Å². The number of nitrogens with two attached hydrogens (primary N) is 1. The summed E-state index contributed by atoms with van der Waals surface area (Å²) in [6, 6.07) is 11.1. The lowest BCUT2D eigenvalue weighted by atomic mass is 10.2. The molecule has 0 spiro atoms. The summed E-state index contributed by atoms with van der Waals surface area (Å²) in [6.07, 6.45) is 4.65. The maximum atomic E-state index is 12.2. The lowest BCUT2D eigenvalue weighted by Crippen LogP contribution is -2.37. The number of carbonyl (C=O) groups excluding carboxylic acids is 1. The van der Waals surface area contributed by atoms with Gasteiger partial charge < -0.3 is 24.5 Å². The minimum atomic E-state index is -0.258. The molecule has 0 aliphatic carbocycles. The third kappa shape index (κ3) is 4.71. The Kier molecular flexibility index (Phi) is 6.64. The second kappa shape index (κ2) is 10.1. The monoisotopic (exact) mass is 461 g/mol. The minimum absolute atomic E-state index is 0.258. The van der Waals surface area contributed by atoms with E-state index in [-0.39, 0.29) is 5.97 Å². The van der Waals surface area contributed by atoms with Crippen molar-refractivity contribution in [2.45, 2.75) is 25.7 Å². The first kappa shape index (κ1) is 22.2. The second-order valence-corrected chi connectivity index (χ2v) is 8.21. The van der Waals surface area contributed by atoms with Crippen molar-refractivity contribution in [3.8, 4) is 17.1 Å². The fraction of sp³-hybridized carbons (Fsp3) is 0.360. The lowest BCUT2D eigenvalue weighted by molar-refractivity contribution is -0.134. The highest BCUT2D eigenvalue weighted by Gasteiger charge is 2.23. The molecule has 0 atom stereocenters. The van der Waals surface area contributed by atoms with Crippen LogP contribution in [0.2, 0.25) is 0 Å². The van der Waals surface area contributed by atoms with Crippen molar-refractivity contribution in [2.24, 2.45) is 5.73 Å². The molecule has 1 aliphatic rings. The number of hydrogen-bond donors (Lipinski definition) is 1. The molecule has 0 bridgehead atoms. The summed E-state index contributed by atoms with van der Waals surface area (Å²) < 4.78 is 17.1. The van der Waals surface area contributed by atoms with E-state index >= 15 is 0 Å². The van der Waals surface area contributed by atoms with E-state index in [1.165, 1.54) is 0 Å². The summed E-state index contributed by atoms with van der Waals surface area (Å²) in [5, 5.41) is 0.829. The largest absolute Gasteiger partial charge is 0.432 e. The van der Waals surface area contributed by atoms with Crippen LogP contribution in [0.25, 0.3) is 33.6 Å². The van der Waals surface area contributed by atoms with E-state index in [0.29, 0.717) is 73.5 Å². The Morgan fingerprint density at radius 3 is 2.82 bits per heavy atom. The fourth-order valence-electron chi connectivity index (χ4n) is 4.05. The van der Waals surface area contributed by atoms with Gasteiger partial charge in [0.15, 0.2) is 17.2 Å². The summed E-state index contributed by atoms with van der Waals surface area (Å²) in [7, 11) is 0. The molecule has 4 aromatic rings. The highest BCUT2D eigenvalue weighted by molar-refractivity contribution is 6.05. The Bertz CT molecular complexity index is 1300. The van der Waals surface area contributed by atoms with Crippen molar-refractivity contribution in [2.75, 3.05) is 37.7 Å². The van der Waals surface area contributed by atoms with E-state index in [4.69, 9.17) is 29.6 Å². The number of furan rings is 1. The van der Waals surface area contributed by atoms with Crippen molar-refractivity contribution in [1.29, 1.82) is 0 Å². The van der Waals surface area contributed by atoms with Gasteiger partial charge in [-0.25, -0.2) is 15.0 Å². The first-order valence-electron chi connectivity index (χ1n) is 11.6. The van der Waals surface area contributed by atoms with Crippen LogP contribution in [-0.4, -0.2) is 53.8 Å². The van der Waals surface area contributed by atoms with Crippen LogP contribution in [0.4, 0.5) is 5.82 Å². The summed E-state index contributed by atoms with van der Waals surface area (Å²) >= 11 is 0. The zero-order chi connectivity index (χ0) is 23.3. The van der Waals surface area contributed by atoms with Crippen LogP contribution in [0, 0.1) is 0 Å². The van der Waals surface area contributed by atoms with Gasteiger partial charge in [0.25, 0.3) is 0 Å². The number of rotatable bonds is 8. The SMILES string of the molecule is NCCCCCC(=O)Oc1cccc(-c2nc(N3CCOCC3)c3oc4ncccc4c3n2)c1. The second-order valence-electron chi connectivity index (χ2n) is 8.21. The average molecular weight is 462 g/mol. The molecular formula is C25H27N5O4. The first-order valence-corrected chi connectivity index (χ1v) is 11.6. The Morgan fingerprint density at radius 1 is 1.09 bits per heavy atom. The topological polar surface area (TPSA) is 117 Å². The fourth-order valence-corrected chi connectivity index (χ4v) is 4.05. The number of benzene rings is 1. The number of pyridine rings is 1. The number of aromatic nitrogens is 3. The third-order valence-corrected chi connectivity index (χ3v) is 5.79. The quantitative estimate of drug-likeness (QED) is 0.238. The maximum absolute atomic E-state index is 12.2. The summed E-state index contributed by atoms with van der Waals surface area (Å²) in [4.78, 5) is 28.4. The van der Waals surface area contributed by atoms with Crippen molar-refractivity contribution in [3.63, 3.8) is 0 Å².